The van der Waals surface area contributed by atoms with Gasteiger partial charge in [-0.1, -0.05) is 33.1 Å². The molecule has 0 saturated heterocycles. The van der Waals surface area contributed by atoms with Crippen molar-refractivity contribution < 1.29 is 9.53 Å². The van der Waals surface area contributed by atoms with Crippen molar-refractivity contribution in [3.05, 3.63) is 0 Å². The number of hydrogen-bond acceptors (Lipinski definition) is 3. The smallest absolute Gasteiger partial charge is 0.313 e. The molecule has 1 fully saturated rings. The van der Waals surface area contributed by atoms with E-state index in [0.29, 0.717) is 12.5 Å². The van der Waals surface area contributed by atoms with E-state index in [1.165, 1.54) is 19.3 Å². The Morgan fingerprint density at radius 3 is 2.50 bits per heavy atom. The lowest BCUT2D eigenvalue weighted by molar-refractivity contribution is -0.163. The summed E-state index contributed by atoms with van der Waals surface area (Å²) in [6, 6.07) is 0. The molecule has 0 aromatic heterocycles. The van der Waals surface area contributed by atoms with Gasteiger partial charge in [-0.3, -0.25) is 4.79 Å². The van der Waals surface area contributed by atoms with Crippen LogP contribution in [0.5, 0.6) is 0 Å². The number of ether oxygens (including phenoxy) is 1. The van der Waals surface area contributed by atoms with Crippen molar-refractivity contribution in [2.24, 2.45) is 17.1 Å². The number of carbonyl (C=O) groups excluding carboxylic acids is 1. The van der Waals surface area contributed by atoms with Crippen molar-refractivity contribution in [2.45, 2.75) is 84.7 Å². The van der Waals surface area contributed by atoms with Crippen molar-refractivity contribution in [3.63, 3.8) is 0 Å². The van der Waals surface area contributed by atoms with Gasteiger partial charge in [0.05, 0.1) is 11.5 Å². The van der Waals surface area contributed by atoms with E-state index in [-0.39, 0.29) is 12.1 Å². The van der Waals surface area contributed by atoms with Crippen molar-refractivity contribution in [1.29, 1.82) is 0 Å². The molecule has 0 radical (unpaired) electrons. The topological polar surface area (TPSA) is 52.3 Å². The predicted molar refractivity (Wildman–Crippen MR) is 83.4 cm³/mol. The van der Waals surface area contributed by atoms with Gasteiger partial charge in [-0.05, 0) is 51.4 Å². The van der Waals surface area contributed by atoms with Crippen LogP contribution < -0.4 is 5.73 Å². The minimum atomic E-state index is -0.399. The summed E-state index contributed by atoms with van der Waals surface area (Å²) < 4.78 is 5.68. The highest BCUT2D eigenvalue weighted by Gasteiger charge is 2.41. The van der Waals surface area contributed by atoms with Gasteiger partial charge in [0, 0.05) is 6.54 Å². The van der Waals surface area contributed by atoms with E-state index in [1.807, 2.05) is 6.92 Å². The van der Waals surface area contributed by atoms with E-state index in [4.69, 9.17) is 10.5 Å². The summed E-state index contributed by atoms with van der Waals surface area (Å²) in [6.45, 7) is 6.90. The Kier molecular flexibility index (Phi) is 7.57. The molecule has 2 N–H and O–H groups in total. The van der Waals surface area contributed by atoms with Crippen molar-refractivity contribution in [1.82, 2.24) is 0 Å². The fraction of sp³-hybridized carbons (Fsp3) is 0.941. The van der Waals surface area contributed by atoms with Crippen molar-refractivity contribution in [2.75, 3.05) is 6.54 Å². The maximum atomic E-state index is 12.5. The Morgan fingerprint density at radius 2 is 1.95 bits per heavy atom. The molecule has 1 aliphatic rings. The molecule has 3 nitrogen and oxygen atoms in total. The fourth-order valence-electron chi connectivity index (χ4n) is 3.03. The monoisotopic (exact) mass is 283 g/mol. The van der Waals surface area contributed by atoms with E-state index in [0.717, 1.165) is 38.5 Å². The first kappa shape index (κ1) is 17.5. The summed E-state index contributed by atoms with van der Waals surface area (Å²) in [6.07, 6.45) is 9.87. The molecule has 0 aromatic carbocycles. The number of unbranched alkanes of at least 4 members (excludes halogenated alkanes) is 3. The third-order valence-electron chi connectivity index (χ3n) is 4.83. The first-order chi connectivity index (χ1) is 9.54. The van der Waals surface area contributed by atoms with Crippen LogP contribution in [0.4, 0.5) is 0 Å². The second-order valence-electron chi connectivity index (χ2n) is 6.73. The van der Waals surface area contributed by atoms with Crippen molar-refractivity contribution >= 4 is 5.97 Å². The minimum absolute atomic E-state index is 0.0298. The first-order valence-corrected chi connectivity index (χ1v) is 8.45. The van der Waals surface area contributed by atoms with Crippen LogP contribution in [0.1, 0.15) is 78.6 Å². The Balaban J connectivity index is 2.39. The van der Waals surface area contributed by atoms with Crippen molar-refractivity contribution in [3.8, 4) is 0 Å². The SMILES string of the molecule is CCCCCCC(C)OC(=O)C1(CN)CCC(C)CC1. The molecule has 0 aliphatic heterocycles. The number of nitrogens with two attached hydrogens (primary N) is 1. The van der Waals surface area contributed by atoms with Gasteiger partial charge in [-0.25, -0.2) is 0 Å². The van der Waals surface area contributed by atoms with Crippen LogP contribution in [0, 0.1) is 11.3 Å². The van der Waals surface area contributed by atoms with Crippen LogP contribution in [-0.2, 0) is 9.53 Å². The molecule has 1 rings (SSSR count). The second kappa shape index (κ2) is 8.66. The van der Waals surface area contributed by atoms with Crippen LogP contribution in [0.15, 0.2) is 0 Å². The third kappa shape index (κ3) is 5.08. The van der Waals surface area contributed by atoms with Gasteiger partial charge in [0.2, 0.25) is 0 Å². The molecule has 1 atom stereocenters. The zero-order valence-corrected chi connectivity index (χ0v) is 13.6. The highest BCUT2D eigenvalue weighted by Crippen LogP contribution is 2.39. The molecule has 0 heterocycles. The average Bonchev–Trinajstić information content (AvgIpc) is 2.45. The maximum absolute atomic E-state index is 12.5. The summed E-state index contributed by atoms with van der Waals surface area (Å²) in [5, 5.41) is 0. The normalized spacial score (nSPS) is 28.1. The van der Waals surface area contributed by atoms with Gasteiger partial charge in [0.1, 0.15) is 0 Å². The molecule has 0 bridgehead atoms. The highest BCUT2D eigenvalue weighted by atomic mass is 16.5. The third-order valence-corrected chi connectivity index (χ3v) is 4.83. The summed E-state index contributed by atoms with van der Waals surface area (Å²) >= 11 is 0. The molecule has 3 heteroatoms. The molecule has 118 valence electrons. The number of esters is 1. The van der Waals surface area contributed by atoms with Crippen LogP contribution in [-0.4, -0.2) is 18.6 Å². The Hall–Kier alpha value is -0.570. The molecular weight excluding hydrogens is 250 g/mol. The first-order valence-electron chi connectivity index (χ1n) is 8.45. The van der Waals surface area contributed by atoms with E-state index < -0.39 is 5.41 Å². The number of rotatable bonds is 8. The summed E-state index contributed by atoms with van der Waals surface area (Å²) in [5.41, 5.74) is 5.50. The van der Waals surface area contributed by atoms with Gasteiger partial charge in [0.15, 0.2) is 0 Å². The van der Waals surface area contributed by atoms with E-state index in [2.05, 4.69) is 13.8 Å². The largest absolute Gasteiger partial charge is 0.462 e. The van der Waals surface area contributed by atoms with Crippen LogP contribution >= 0.6 is 0 Å². The lowest BCUT2D eigenvalue weighted by atomic mass is 9.71. The summed E-state index contributed by atoms with van der Waals surface area (Å²) in [5.74, 6) is 0.670. The van der Waals surface area contributed by atoms with Crippen LogP contribution in [0.25, 0.3) is 0 Å². The average molecular weight is 283 g/mol. The molecular formula is C17H33NO2. The summed E-state index contributed by atoms with van der Waals surface area (Å²) in [7, 11) is 0. The van der Waals surface area contributed by atoms with Gasteiger partial charge in [0.25, 0.3) is 0 Å². The Morgan fingerprint density at radius 1 is 1.30 bits per heavy atom. The lowest BCUT2D eigenvalue weighted by Crippen LogP contribution is -2.43. The Labute approximate surface area is 124 Å². The molecule has 1 unspecified atom stereocenters. The minimum Gasteiger partial charge on any atom is -0.462 e. The molecule has 1 aliphatic carbocycles. The number of carbonyl (C=O) groups is 1. The second-order valence-corrected chi connectivity index (χ2v) is 6.73. The van der Waals surface area contributed by atoms with E-state index >= 15 is 0 Å². The van der Waals surface area contributed by atoms with Crippen LogP contribution in [0.2, 0.25) is 0 Å². The maximum Gasteiger partial charge on any atom is 0.313 e. The quantitative estimate of drug-likeness (QED) is 0.540. The standard InChI is InChI=1S/C17H33NO2/c1-4-5-6-7-8-15(3)20-16(19)17(13-18)11-9-14(2)10-12-17/h14-15H,4-13,18H2,1-3H3. The molecule has 20 heavy (non-hydrogen) atoms. The van der Waals surface area contributed by atoms with Gasteiger partial charge < -0.3 is 10.5 Å². The lowest BCUT2D eigenvalue weighted by Gasteiger charge is -2.37. The molecule has 1 saturated carbocycles. The molecule has 0 spiro atoms. The van der Waals surface area contributed by atoms with E-state index in [9.17, 15) is 4.79 Å². The zero-order chi connectivity index (χ0) is 15.0. The fourth-order valence-corrected chi connectivity index (χ4v) is 3.03. The van der Waals surface area contributed by atoms with Gasteiger partial charge in [-0.2, -0.15) is 0 Å². The Bertz CT molecular complexity index is 283. The van der Waals surface area contributed by atoms with E-state index in [1.54, 1.807) is 0 Å². The molecule has 0 aromatic rings. The number of hydrogen-bond donors (Lipinski definition) is 1. The highest BCUT2D eigenvalue weighted by molar-refractivity contribution is 5.77. The summed E-state index contributed by atoms with van der Waals surface area (Å²) in [4.78, 5) is 12.5. The molecule has 0 amide bonds. The van der Waals surface area contributed by atoms with Gasteiger partial charge in [-0.15, -0.1) is 0 Å². The van der Waals surface area contributed by atoms with Gasteiger partial charge >= 0.3 is 5.97 Å². The van der Waals surface area contributed by atoms with Crippen LogP contribution in [0.3, 0.4) is 0 Å². The zero-order valence-electron chi connectivity index (χ0n) is 13.6. The predicted octanol–water partition coefficient (Wildman–Crippen LogP) is 4.04.